The molecule has 18 heavy (non-hydrogen) atoms. The van der Waals surface area contributed by atoms with Gasteiger partial charge in [-0.1, -0.05) is 6.42 Å². The summed E-state index contributed by atoms with van der Waals surface area (Å²) in [7, 11) is -3.00. The van der Waals surface area contributed by atoms with Gasteiger partial charge in [-0.05, 0) is 19.3 Å². The lowest BCUT2D eigenvalue weighted by Crippen LogP contribution is -2.39. The largest absolute Gasteiger partial charge is 0.455 e. The number of nitrogens with one attached hydrogen (secondary N) is 1. The Hall–Kier alpha value is -1.11. The number of ether oxygens (including phenoxy) is 1. The van der Waals surface area contributed by atoms with Crippen LogP contribution >= 0.6 is 0 Å². The van der Waals surface area contributed by atoms with Crippen molar-refractivity contribution in [2.24, 2.45) is 5.92 Å². The lowest BCUT2D eigenvalue weighted by Gasteiger charge is -2.23. The Morgan fingerprint density at radius 1 is 1.22 bits per heavy atom. The van der Waals surface area contributed by atoms with Crippen LogP contribution in [0.2, 0.25) is 0 Å². The van der Waals surface area contributed by atoms with E-state index in [-0.39, 0.29) is 36.0 Å². The summed E-state index contributed by atoms with van der Waals surface area (Å²) < 4.78 is 27.2. The fraction of sp³-hybridized carbons (Fsp3) is 0.818. The van der Waals surface area contributed by atoms with E-state index < -0.39 is 15.7 Å². The predicted molar refractivity (Wildman–Crippen MR) is 63.5 cm³/mol. The third-order valence-corrected chi connectivity index (χ3v) is 5.15. The van der Waals surface area contributed by atoms with Crippen molar-refractivity contribution in [2.75, 3.05) is 18.1 Å². The van der Waals surface area contributed by atoms with E-state index in [0.29, 0.717) is 6.42 Å². The topological polar surface area (TPSA) is 89.5 Å². The van der Waals surface area contributed by atoms with Crippen LogP contribution < -0.4 is 5.32 Å². The second kappa shape index (κ2) is 5.26. The smallest absolute Gasteiger partial charge is 0.309 e. The van der Waals surface area contributed by atoms with Crippen molar-refractivity contribution in [3.8, 4) is 0 Å². The standard InChI is InChI=1S/C11H17NO5S/c13-10(6-17-11(14)8-2-1-3-8)12-9-4-5-18(15,16)7-9/h8-9H,1-7H2,(H,12,13). The van der Waals surface area contributed by atoms with Gasteiger partial charge in [0.1, 0.15) is 0 Å². The number of sulfone groups is 1. The summed E-state index contributed by atoms with van der Waals surface area (Å²) in [6.45, 7) is -0.314. The van der Waals surface area contributed by atoms with Gasteiger partial charge >= 0.3 is 5.97 Å². The zero-order valence-corrected chi connectivity index (χ0v) is 10.9. The molecule has 6 nitrogen and oxygen atoms in total. The first kappa shape index (κ1) is 13.3. The van der Waals surface area contributed by atoms with Gasteiger partial charge in [-0.25, -0.2) is 8.42 Å². The highest BCUT2D eigenvalue weighted by molar-refractivity contribution is 7.91. The van der Waals surface area contributed by atoms with Gasteiger partial charge in [0.05, 0.1) is 17.4 Å². The Labute approximate surface area is 106 Å². The van der Waals surface area contributed by atoms with Crippen molar-refractivity contribution in [1.82, 2.24) is 5.32 Å². The predicted octanol–water partition coefficient (Wildman–Crippen LogP) is -0.367. The molecule has 1 saturated heterocycles. The average Bonchev–Trinajstić information content (AvgIpc) is 2.52. The van der Waals surface area contributed by atoms with Gasteiger partial charge in [0.2, 0.25) is 0 Å². The molecule has 1 unspecified atom stereocenters. The molecular formula is C11H17NO5S. The Balaban J connectivity index is 1.67. The van der Waals surface area contributed by atoms with E-state index in [1.54, 1.807) is 0 Å². The van der Waals surface area contributed by atoms with Crippen molar-refractivity contribution >= 4 is 21.7 Å². The fourth-order valence-corrected chi connectivity index (χ4v) is 3.75. The maximum atomic E-state index is 11.5. The van der Waals surface area contributed by atoms with Gasteiger partial charge in [0.25, 0.3) is 5.91 Å². The number of hydrogen-bond acceptors (Lipinski definition) is 5. The van der Waals surface area contributed by atoms with E-state index in [2.05, 4.69) is 5.32 Å². The number of rotatable bonds is 4. The monoisotopic (exact) mass is 275 g/mol. The summed E-state index contributed by atoms with van der Waals surface area (Å²) in [6, 6.07) is -0.343. The molecule has 7 heteroatoms. The third kappa shape index (κ3) is 3.44. The van der Waals surface area contributed by atoms with E-state index >= 15 is 0 Å². The molecule has 2 aliphatic rings. The van der Waals surface area contributed by atoms with Crippen molar-refractivity contribution in [2.45, 2.75) is 31.7 Å². The third-order valence-electron chi connectivity index (χ3n) is 3.38. The average molecular weight is 275 g/mol. The molecule has 1 saturated carbocycles. The van der Waals surface area contributed by atoms with Crippen LogP contribution in [0.5, 0.6) is 0 Å². The van der Waals surface area contributed by atoms with Gasteiger partial charge in [-0.15, -0.1) is 0 Å². The Morgan fingerprint density at radius 2 is 1.94 bits per heavy atom. The van der Waals surface area contributed by atoms with Gasteiger partial charge in [0, 0.05) is 6.04 Å². The first-order valence-corrected chi connectivity index (χ1v) is 7.95. The minimum absolute atomic E-state index is 0.0185. The van der Waals surface area contributed by atoms with Crippen molar-refractivity contribution in [3.63, 3.8) is 0 Å². The number of amides is 1. The second-order valence-electron chi connectivity index (χ2n) is 4.90. The van der Waals surface area contributed by atoms with Crippen LogP contribution in [0.15, 0.2) is 0 Å². The molecule has 102 valence electrons. The van der Waals surface area contributed by atoms with E-state index in [1.807, 2.05) is 0 Å². The summed E-state index contributed by atoms with van der Waals surface area (Å²) in [6.07, 6.45) is 3.14. The van der Waals surface area contributed by atoms with E-state index in [9.17, 15) is 18.0 Å². The van der Waals surface area contributed by atoms with Crippen LogP contribution in [-0.4, -0.2) is 44.4 Å². The molecule has 0 bridgehead atoms. The Morgan fingerprint density at radius 3 is 2.44 bits per heavy atom. The maximum absolute atomic E-state index is 11.5. The molecule has 1 N–H and O–H groups in total. The van der Waals surface area contributed by atoms with Gasteiger partial charge in [-0.3, -0.25) is 9.59 Å². The van der Waals surface area contributed by atoms with Crippen LogP contribution in [-0.2, 0) is 24.2 Å². The lowest BCUT2D eigenvalue weighted by molar-refractivity contribution is -0.155. The molecule has 1 amide bonds. The van der Waals surface area contributed by atoms with Gasteiger partial charge in [-0.2, -0.15) is 0 Å². The van der Waals surface area contributed by atoms with Crippen LogP contribution in [0.1, 0.15) is 25.7 Å². The summed E-state index contributed by atoms with van der Waals surface area (Å²) >= 11 is 0. The highest BCUT2D eigenvalue weighted by Gasteiger charge is 2.30. The Kier molecular flexibility index (Phi) is 3.89. The number of carbonyl (C=O) groups is 2. The van der Waals surface area contributed by atoms with Crippen LogP contribution in [0, 0.1) is 5.92 Å². The second-order valence-corrected chi connectivity index (χ2v) is 7.13. The molecule has 2 fully saturated rings. The Bertz CT molecular complexity index is 440. The highest BCUT2D eigenvalue weighted by atomic mass is 32.2. The SMILES string of the molecule is O=C(COC(=O)C1CCC1)NC1CCS(=O)(=O)C1. The molecule has 0 aromatic heterocycles. The maximum Gasteiger partial charge on any atom is 0.309 e. The molecule has 1 aliphatic carbocycles. The van der Waals surface area contributed by atoms with Crippen molar-refractivity contribution in [1.29, 1.82) is 0 Å². The van der Waals surface area contributed by atoms with Crippen LogP contribution in [0.4, 0.5) is 0 Å². The molecule has 0 radical (unpaired) electrons. The van der Waals surface area contributed by atoms with Crippen molar-refractivity contribution in [3.05, 3.63) is 0 Å². The number of hydrogen-bond donors (Lipinski definition) is 1. The first-order chi connectivity index (χ1) is 8.46. The highest BCUT2D eigenvalue weighted by Crippen LogP contribution is 2.27. The van der Waals surface area contributed by atoms with E-state index in [0.717, 1.165) is 19.3 Å². The lowest BCUT2D eigenvalue weighted by atomic mass is 9.86. The first-order valence-electron chi connectivity index (χ1n) is 6.13. The van der Waals surface area contributed by atoms with Gasteiger partial charge < -0.3 is 10.1 Å². The molecule has 0 aromatic carbocycles. The zero-order valence-electron chi connectivity index (χ0n) is 10.1. The number of esters is 1. The molecule has 0 aromatic rings. The van der Waals surface area contributed by atoms with Gasteiger partial charge in [0.15, 0.2) is 16.4 Å². The van der Waals surface area contributed by atoms with Crippen LogP contribution in [0.25, 0.3) is 0 Å². The van der Waals surface area contributed by atoms with Crippen molar-refractivity contribution < 1.29 is 22.7 Å². The quantitative estimate of drug-likeness (QED) is 0.707. The minimum Gasteiger partial charge on any atom is -0.455 e. The normalized spacial score (nSPS) is 26.3. The summed E-state index contributed by atoms with van der Waals surface area (Å²) in [5, 5.41) is 2.57. The van der Waals surface area contributed by atoms with E-state index in [4.69, 9.17) is 4.74 Å². The summed E-state index contributed by atoms with van der Waals surface area (Å²) in [4.78, 5) is 22.8. The minimum atomic E-state index is -3.00. The molecule has 1 aliphatic heterocycles. The van der Waals surface area contributed by atoms with Crippen LogP contribution in [0.3, 0.4) is 0 Å². The number of carbonyl (C=O) groups excluding carboxylic acids is 2. The molecule has 1 atom stereocenters. The zero-order chi connectivity index (χ0) is 13.2. The molecule has 0 spiro atoms. The fourth-order valence-electron chi connectivity index (χ4n) is 2.08. The molecule has 2 rings (SSSR count). The van der Waals surface area contributed by atoms with E-state index in [1.165, 1.54) is 0 Å². The summed E-state index contributed by atoms with van der Waals surface area (Å²) in [5.41, 5.74) is 0. The summed E-state index contributed by atoms with van der Waals surface area (Å²) in [5.74, 6) is -0.709. The molecular weight excluding hydrogens is 258 g/mol. The molecule has 1 heterocycles.